The maximum atomic E-state index is 12.5. The standard InChI is InChI=1S/C48H56N4O15S4/c1-47(25-7-29-68(56,57)58)38-31-36(70(62,63)64)17-19-40(38)50(3)42(47)21-15-35(34-13-11-33(12-14-34)9-5-6-10-44(53)49-27-28-52-45(54)23-24-46(52)55)16-22-43-48(2,26-8-30-69(59,60)61)39-32-37(71(65,66)67)18-20-41(39)51(43)4/h11-24,31-32H,5-10,25-30H2,1-4H3,(H4-,49,53,56,57,58,59,60,61,62,63,64,65,66,67). The highest BCUT2D eigenvalue weighted by Gasteiger charge is 2.47. The van der Waals surface area contributed by atoms with E-state index in [0.717, 1.165) is 10.5 Å². The lowest BCUT2D eigenvalue weighted by molar-refractivity contribution is -0.401. The van der Waals surface area contributed by atoms with E-state index in [1.165, 1.54) is 48.6 Å². The molecule has 0 radical (unpaired) electrons. The third-order valence-corrected chi connectivity index (χ3v) is 16.5. The highest BCUT2D eigenvalue weighted by molar-refractivity contribution is 7.86. The van der Waals surface area contributed by atoms with Crippen molar-refractivity contribution in [1.82, 2.24) is 10.2 Å². The Bertz CT molecular complexity index is 3240. The lowest BCUT2D eigenvalue weighted by Crippen LogP contribution is -2.38. The van der Waals surface area contributed by atoms with Crippen molar-refractivity contribution in [2.24, 2.45) is 0 Å². The van der Waals surface area contributed by atoms with Gasteiger partial charge in [0.15, 0.2) is 5.71 Å². The summed E-state index contributed by atoms with van der Waals surface area (Å²) in [5.41, 5.74) is 3.41. The van der Waals surface area contributed by atoms with Gasteiger partial charge in [-0.3, -0.25) is 32.9 Å². The van der Waals surface area contributed by atoms with Gasteiger partial charge >= 0.3 is 0 Å². The summed E-state index contributed by atoms with van der Waals surface area (Å²) in [5.74, 6) is -2.22. The fourth-order valence-corrected chi connectivity index (χ4v) is 11.6. The van der Waals surface area contributed by atoms with Crippen LogP contribution >= 0.6 is 0 Å². The Morgan fingerprint density at radius 2 is 1.37 bits per heavy atom. The van der Waals surface area contributed by atoms with Gasteiger partial charge in [0.1, 0.15) is 17.2 Å². The van der Waals surface area contributed by atoms with Gasteiger partial charge in [-0.25, -0.2) is 8.42 Å². The third kappa shape index (κ3) is 13.1. The summed E-state index contributed by atoms with van der Waals surface area (Å²) in [6.07, 6.45) is 11.8. The van der Waals surface area contributed by atoms with E-state index in [-0.39, 0.29) is 56.0 Å². The Morgan fingerprint density at radius 1 is 0.775 bits per heavy atom. The van der Waals surface area contributed by atoms with Crippen LogP contribution in [0.3, 0.4) is 0 Å². The molecule has 0 saturated heterocycles. The van der Waals surface area contributed by atoms with Crippen LogP contribution in [0.1, 0.15) is 81.0 Å². The molecule has 0 bridgehead atoms. The quantitative estimate of drug-likeness (QED) is 0.0344. The molecule has 19 nitrogen and oxygen atoms in total. The SMILES string of the molecule is CN1/C(=C/C=C(/C=C/C2=[N+](C)c3ccc(S(=O)(=O)[O-])cc3C2(C)CCCS(=O)(=O)O)c2ccc(CCCCC(=O)NCCN3C(=O)C=CC3=O)cc2)C(C)(CCCS(=O)(=O)O)c2cc(S(=O)(=O)O)ccc21. The number of likely N-dealkylation sites (N-methyl/N-ethyl adjacent to an activating group) is 1. The number of aryl methyl sites for hydroxylation is 1. The van der Waals surface area contributed by atoms with Gasteiger partial charge in [0.05, 0.1) is 26.7 Å². The number of nitrogens with zero attached hydrogens (tertiary/aromatic N) is 3. The number of carbonyl (C=O) groups is 3. The van der Waals surface area contributed by atoms with Crippen LogP contribution in [0.25, 0.3) is 5.57 Å². The van der Waals surface area contributed by atoms with Crippen molar-refractivity contribution >= 4 is 80.9 Å². The first-order valence-electron chi connectivity index (χ1n) is 22.5. The molecule has 0 fully saturated rings. The number of allylic oxidation sites excluding steroid dienone is 6. The number of imide groups is 1. The number of unbranched alkanes of at least 4 members (excludes halogenated alkanes) is 1. The maximum absolute atomic E-state index is 12.5. The summed E-state index contributed by atoms with van der Waals surface area (Å²) >= 11 is 0. The first-order chi connectivity index (χ1) is 33.0. The van der Waals surface area contributed by atoms with Crippen LogP contribution in [0, 0.1) is 0 Å². The molecule has 2 atom stereocenters. The van der Waals surface area contributed by atoms with E-state index >= 15 is 0 Å². The molecule has 3 aromatic carbocycles. The lowest BCUT2D eigenvalue weighted by atomic mass is 9.75. The average molecular weight is 1060 g/mol. The number of benzene rings is 3. The predicted octanol–water partition coefficient (Wildman–Crippen LogP) is 4.84. The first-order valence-corrected chi connectivity index (χ1v) is 28.6. The number of hydrogen-bond acceptors (Lipinski definition) is 13. The minimum Gasteiger partial charge on any atom is -0.744 e. The highest BCUT2D eigenvalue weighted by Crippen LogP contribution is 2.51. The Labute approximate surface area is 414 Å². The maximum Gasteiger partial charge on any atom is 0.294 e. The summed E-state index contributed by atoms with van der Waals surface area (Å²) in [5, 5.41) is 2.73. The molecule has 3 aliphatic rings. The average Bonchev–Trinajstić information content (AvgIpc) is 3.79. The van der Waals surface area contributed by atoms with E-state index in [0.29, 0.717) is 64.3 Å². The molecule has 0 aromatic heterocycles. The second kappa shape index (κ2) is 21.2. The van der Waals surface area contributed by atoms with E-state index < -0.39 is 79.5 Å². The number of carbonyl (C=O) groups excluding carboxylic acids is 3. The number of fused-ring (bicyclic) bond motifs is 2. The van der Waals surface area contributed by atoms with Crippen molar-refractivity contribution in [2.45, 2.75) is 85.8 Å². The molecule has 3 amide bonds. The van der Waals surface area contributed by atoms with Crippen LogP contribution in [0.2, 0.25) is 0 Å². The predicted molar refractivity (Wildman–Crippen MR) is 264 cm³/mol. The topological polar surface area (TPSA) is 293 Å². The van der Waals surface area contributed by atoms with E-state index in [9.17, 15) is 66.3 Å². The number of anilines is 1. The van der Waals surface area contributed by atoms with Gasteiger partial charge in [-0.2, -0.15) is 29.8 Å². The Balaban J connectivity index is 1.35. The molecule has 3 aromatic rings. The van der Waals surface area contributed by atoms with Crippen molar-refractivity contribution in [3.05, 3.63) is 125 Å². The van der Waals surface area contributed by atoms with E-state index in [4.69, 9.17) is 0 Å². The normalized spacial score (nSPS) is 20.2. The molecule has 382 valence electrons. The molecule has 0 aliphatic carbocycles. The molecular formula is C48H56N4O15S4. The molecule has 3 aliphatic heterocycles. The third-order valence-electron chi connectivity index (χ3n) is 13.3. The first kappa shape index (κ1) is 54.7. The van der Waals surface area contributed by atoms with Crippen molar-refractivity contribution in [3.63, 3.8) is 0 Å². The van der Waals surface area contributed by atoms with E-state index in [1.807, 2.05) is 29.2 Å². The molecule has 2 unspecified atom stereocenters. The van der Waals surface area contributed by atoms with Gasteiger partial charge in [0.25, 0.3) is 42.2 Å². The largest absolute Gasteiger partial charge is 0.744 e. The summed E-state index contributed by atoms with van der Waals surface area (Å²) in [4.78, 5) is 38.1. The fourth-order valence-electron chi connectivity index (χ4n) is 9.54. The Hall–Kier alpha value is -5.66. The molecule has 0 spiro atoms. The summed E-state index contributed by atoms with van der Waals surface area (Å²) < 4.78 is 139. The molecule has 71 heavy (non-hydrogen) atoms. The molecule has 6 rings (SSSR count). The van der Waals surface area contributed by atoms with Crippen LogP contribution in [-0.2, 0) is 72.1 Å². The number of amides is 3. The van der Waals surface area contributed by atoms with Crippen LogP contribution in [0.4, 0.5) is 11.4 Å². The van der Waals surface area contributed by atoms with Gasteiger partial charge in [0.2, 0.25) is 11.6 Å². The number of hydrogen-bond donors (Lipinski definition) is 4. The minimum atomic E-state index is -4.89. The molecule has 0 saturated carbocycles. The summed E-state index contributed by atoms with van der Waals surface area (Å²) in [6, 6.07) is 15.7. The molecule has 4 N–H and O–H groups in total. The van der Waals surface area contributed by atoms with Crippen LogP contribution < -0.4 is 10.2 Å². The van der Waals surface area contributed by atoms with Gasteiger partial charge in [-0.05, 0) is 124 Å². The molecular weight excluding hydrogens is 1000 g/mol. The van der Waals surface area contributed by atoms with E-state index in [1.54, 1.807) is 56.8 Å². The monoisotopic (exact) mass is 1060 g/mol. The Kier molecular flexibility index (Phi) is 16.3. The second-order valence-electron chi connectivity index (χ2n) is 18.2. The van der Waals surface area contributed by atoms with Crippen LogP contribution in [0.15, 0.2) is 113 Å². The fraction of sp³-hybridized carbons (Fsp3) is 0.375. The van der Waals surface area contributed by atoms with Crippen LogP contribution in [-0.4, -0.2) is 123 Å². The van der Waals surface area contributed by atoms with Crippen molar-refractivity contribution in [1.29, 1.82) is 0 Å². The smallest absolute Gasteiger partial charge is 0.294 e. The van der Waals surface area contributed by atoms with Gasteiger partial charge in [0, 0.05) is 73.2 Å². The number of nitrogens with one attached hydrogen (secondary N) is 1. The van der Waals surface area contributed by atoms with Gasteiger partial charge in [-0.1, -0.05) is 30.3 Å². The van der Waals surface area contributed by atoms with Crippen molar-refractivity contribution < 1.29 is 70.8 Å². The highest BCUT2D eigenvalue weighted by atomic mass is 32.2. The van der Waals surface area contributed by atoms with Gasteiger partial charge < -0.3 is 14.8 Å². The summed E-state index contributed by atoms with van der Waals surface area (Å²) in [6.45, 7) is 3.78. The zero-order valence-corrected chi connectivity index (χ0v) is 42.7. The molecule has 23 heteroatoms. The Morgan fingerprint density at radius 3 is 1.96 bits per heavy atom. The van der Waals surface area contributed by atoms with Crippen molar-refractivity contribution in [2.75, 3.05) is 43.6 Å². The van der Waals surface area contributed by atoms with Crippen molar-refractivity contribution in [3.8, 4) is 0 Å². The second-order valence-corrected chi connectivity index (χ2v) is 24.1. The van der Waals surface area contributed by atoms with Crippen LogP contribution in [0.5, 0.6) is 0 Å². The zero-order valence-electron chi connectivity index (χ0n) is 39.4. The minimum absolute atomic E-state index is 0.0175. The number of rotatable bonds is 22. The van der Waals surface area contributed by atoms with E-state index in [2.05, 4.69) is 5.32 Å². The molecule has 3 heterocycles. The van der Waals surface area contributed by atoms with Gasteiger partial charge in [-0.15, -0.1) is 0 Å². The zero-order chi connectivity index (χ0) is 52.3. The lowest BCUT2D eigenvalue weighted by Gasteiger charge is -2.29. The summed E-state index contributed by atoms with van der Waals surface area (Å²) in [7, 11) is -14.8.